The number of nitrogens with one attached hydrogen (secondary N) is 1. The van der Waals surface area contributed by atoms with Gasteiger partial charge in [-0.05, 0) is 28.4 Å². The van der Waals surface area contributed by atoms with E-state index >= 15 is 0 Å². The monoisotopic (exact) mass is 329 g/mol. The quantitative estimate of drug-likeness (QED) is 0.820. The third kappa shape index (κ3) is 3.32. The van der Waals surface area contributed by atoms with Crippen LogP contribution in [0, 0.1) is 11.6 Å². The Labute approximate surface area is 118 Å². The molecule has 0 spiro atoms. The van der Waals surface area contributed by atoms with Gasteiger partial charge in [0.25, 0.3) is 0 Å². The molecule has 0 aliphatic carbocycles. The zero-order chi connectivity index (χ0) is 13.8. The molecule has 0 aliphatic rings. The number of hydrogen-bond donors (Lipinski definition) is 1. The van der Waals surface area contributed by atoms with Gasteiger partial charge in [0, 0.05) is 25.0 Å². The summed E-state index contributed by atoms with van der Waals surface area (Å²) in [5, 5.41) is 2.81. The number of unbranched alkanes of at least 4 members (excludes halogenated alkanes) is 1. The van der Waals surface area contributed by atoms with E-state index in [-0.39, 0.29) is 10.2 Å². The van der Waals surface area contributed by atoms with E-state index in [1.165, 1.54) is 0 Å². The lowest BCUT2D eigenvalue weighted by Crippen LogP contribution is -2.04. The van der Waals surface area contributed by atoms with Crippen LogP contribution in [0.4, 0.5) is 20.4 Å². The van der Waals surface area contributed by atoms with Gasteiger partial charge in [-0.1, -0.05) is 13.3 Å². The molecule has 19 heavy (non-hydrogen) atoms. The Bertz CT molecular complexity index is 569. The highest BCUT2D eigenvalue weighted by atomic mass is 79.9. The largest absolute Gasteiger partial charge is 0.323 e. The molecule has 0 fully saturated rings. The molecule has 0 amide bonds. The molecule has 2 aromatic rings. The molecule has 0 saturated heterocycles. The maximum atomic E-state index is 13.7. The second-order valence-corrected chi connectivity index (χ2v) is 5.02. The van der Waals surface area contributed by atoms with Crippen molar-refractivity contribution in [1.29, 1.82) is 0 Å². The summed E-state index contributed by atoms with van der Waals surface area (Å²) >= 11 is 2.94. The van der Waals surface area contributed by atoms with Crippen LogP contribution in [-0.4, -0.2) is 9.55 Å². The van der Waals surface area contributed by atoms with Gasteiger partial charge in [0.15, 0.2) is 0 Å². The van der Waals surface area contributed by atoms with Crippen molar-refractivity contribution in [2.45, 2.75) is 26.3 Å². The van der Waals surface area contributed by atoms with Gasteiger partial charge in [0.05, 0.1) is 10.2 Å². The lowest BCUT2D eigenvalue weighted by Gasteiger charge is -2.10. The number of anilines is 2. The lowest BCUT2D eigenvalue weighted by molar-refractivity contribution is 0.596. The Balaban J connectivity index is 2.21. The van der Waals surface area contributed by atoms with E-state index < -0.39 is 11.6 Å². The highest BCUT2D eigenvalue weighted by Gasteiger charge is 2.10. The summed E-state index contributed by atoms with van der Waals surface area (Å²) in [6.45, 7) is 2.88. The maximum Gasteiger partial charge on any atom is 0.207 e. The smallest absolute Gasteiger partial charge is 0.207 e. The first-order chi connectivity index (χ1) is 9.11. The van der Waals surface area contributed by atoms with E-state index in [0.717, 1.165) is 31.5 Å². The van der Waals surface area contributed by atoms with E-state index in [0.29, 0.717) is 5.95 Å². The molecule has 0 saturated carbocycles. The van der Waals surface area contributed by atoms with Crippen LogP contribution in [0.2, 0.25) is 0 Å². The Morgan fingerprint density at radius 2 is 2.11 bits per heavy atom. The summed E-state index contributed by atoms with van der Waals surface area (Å²) in [4.78, 5) is 4.11. The van der Waals surface area contributed by atoms with Gasteiger partial charge in [0.2, 0.25) is 5.95 Å². The fraction of sp³-hybridized carbons (Fsp3) is 0.308. The molecule has 102 valence electrons. The molecule has 0 radical (unpaired) electrons. The van der Waals surface area contributed by atoms with Gasteiger partial charge in [-0.3, -0.25) is 0 Å². The number of benzene rings is 1. The minimum Gasteiger partial charge on any atom is -0.323 e. The van der Waals surface area contributed by atoms with E-state index in [4.69, 9.17) is 0 Å². The summed E-state index contributed by atoms with van der Waals surface area (Å²) in [6.07, 6.45) is 5.50. The van der Waals surface area contributed by atoms with Crippen molar-refractivity contribution >= 4 is 27.6 Å². The van der Waals surface area contributed by atoms with Gasteiger partial charge in [-0.25, -0.2) is 13.8 Å². The average molecular weight is 330 g/mol. The second-order valence-electron chi connectivity index (χ2n) is 4.17. The minimum absolute atomic E-state index is 0.0737. The minimum atomic E-state index is -0.529. The van der Waals surface area contributed by atoms with Crippen LogP contribution in [0.15, 0.2) is 29.0 Å². The summed E-state index contributed by atoms with van der Waals surface area (Å²) < 4.78 is 29.1. The average Bonchev–Trinajstić information content (AvgIpc) is 2.81. The Hall–Kier alpha value is -1.43. The summed E-state index contributed by atoms with van der Waals surface area (Å²) in [5.41, 5.74) is 0.0737. The van der Waals surface area contributed by atoms with Crippen molar-refractivity contribution in [3.63, 3.8) is 0 Å². The van der Waals surface area contributed by atoms with E-state index in [1.54, 1.807) is 6.20 Å². The molecule has 0 aliphatic heterocycles. The number of rotatable bonds is 5. The summed E-state index contributed by atoms with van der Waals surface area (Å²) in [5.74, 6) is -0.539. The molecule has 1 heterocycles. The standard InChI is InChI=1S/C13H14BrF2N3/c1-2-3-5-19-6-4-17-13(19)18-12-8-10(15)9(14)7-11(12)16/h4,6-8H,2-3,5H2,1H3,(H,17,18). The number of aromatic nitrogens is 2. The first-order valence-electron chi connectivity index (χ1n) is 6.04. The third-order valence-corrected chi connectivity index (χ3v) is 3.33. The van der Waals surface area contributed by atoms with Crippen LogP contribution in [0.1, 0.15) is 19.8 Å². The predicted molar refractivity (Wildman–Crippen MR) is 74.5 cm³/mol. The number of halogens is 3. The van der Waals surface area contributed by atoms with Crippen LogP contribution >= 0.6 is 15.9 Å². The topological polar surface area (TPSA) is 29.9 Å². The van der Waals surface area contributed by atoms with Crippen molar-refractivity contribution in [2.24, 2.45) is 0 Å². The molecule has 0 atom stereocenters. The van der Waals surface area contributed by atoms with Crippen molar-refractivity contribution in [2.75, 3.05) is 5.32 Å². The van der Waals surface area contributed by atoms with Crippen LogP contribution in [0.3, 0.4) is 0 Å². The van der Waals surface area contributed by atoms with Crippen molar-refractivity contribution < 1.29 is 8.78 Å². The number of hydrogen-bond acceptors (Lipinski definition) is 2. The number of imidazole rings is 1. The Kier molecular flexibility index (Phi) is 4.52. The third-order valence-electron chi connectivity index (χ3n) is 2.72. The van der Waals surface area contributed by atoms with Crippen molar-refractivity contribution in [3.8, 4) is 0 Å². The molecule has 1 aromatic heterocycles. The van der Waals surface area contributed by atoms with Crippen LogP contribution < -0.4 is 5.32 Å². The van der Waals surface area contributed by atoms with Crippen LogP contribution in [0.5, 0.6) is 0 Å². The molecular formula is C13H14BrF2N3. The van der Waals surface area contributed by atoms with Crippen LogP contribution in [-0.2, 0) is 6.54 Å². The SMILES string of the molecule is CCCCn1ccnc1Nc1cc(F)c(Br)cc1F. The fourth-order valence-corrected chi connectivity index (χ4v) is 2.00. The molecule has 6 heteroatoms. The van der Waals surface area contributed by atoms with E-state index in [1.807, 2.05) is 10.8 Å². The Morgan fingerprint density at radius 1 is 1.32 bits per heavy atom. The maximum absolute atomic E-state index is 13.7. The molecule has 0 bridgehead atoms. The van der Waals surface area contributed by atoms with Crippen LogP contribution in [0.25, 0.3) is 0 Å². The van der Waals surface area contributed by atoms with Crippen molar-refractivity contribution in [1.82, 2.24) is 9.55 Å². The van der Waals surface area contributed by atoms with Crippen molar-refractivity contribution in [3.05, 3.63) is 40.6 Å². The predicted octanol–water partition coefficient (Wildman–Crippen LogP) is 4.47. The molecule has 1 aromatic carbocycles. The zero-order valence-corrected chi connectivity index (χ0v) is 12.0. The highest BCUT2D eigenvalue weighted by Crippen LogP contribution is 2.25. The van der Waals surface area contributed by atoms with Gasteiger partial charge in [-0.15, -0.1) is 0 Å². The zero-order valence-electron chi connectivity index (χ0n) is 10.5. The normalized spacial score (nSPS) is 10.7. The highest BCUT2D eigenvalue weighted by molar-refractivity contribution is 9.10. The lowest BCUT2D eigenvalue weighted by atomic mass is 10.3. The Morgan fingerprint density at radius 3 is 2.84 bits per heavy atom. The number of aryl methyl sites for hydroxylation is 1. The molecule has 1 N–H and O–H groups in total. The molecule has 2 rings (SSSR count). The van der Waals surface area contributed by atoms with E-state index in [2.05, 4.69) is 33.2 Å². The van der Waals surface area contributed by atoms with Gasteiger partial charge in [-0.2, -0.15) is 0 Å². The summed E-state index contributed by atoms with van der Waals surface area (Å²) in [6, 6.07) is 2.20. The van der Waals surface area contributed by atoms with Gasteiger partial charge in [0.1, 0.15) is 11.6 Å². The van der Waals surface area contributed by atoms with E-state index in [9.17, 15) is 8.78 Å². The first-order valence-corrected chi connectivity index (χ1v) is 6.83. The first kappa shape index (κ1) is 14.0. The van der Waals surface area contributed by atoms with Gasteiger partial charge < -0.3 is 9.88 Å². The second kappa shape index (κ2) is 6.14. The molecule has 0 unspecified atom stereocenters. The summed E-state index contributed by atoms with van der Waals surface area (Å²) in [7, 11) is 0. The number of nitrogens with zero attached hydrogens (tertiary/aromatic N) is 2. The fourth-order valence-electron chi connectivity index (χ4n) is 1.68. The molecular weight excluding hydrogens is 316 g/mol. The van der Waals surface area contributed by atoms with Gasteiger partial charge >= 0.3 is 0 Å². The molecule has 3 nitrogen and oxygen atoms in total.